The van der Waals surface area contributed by atoms with Crippen LogP contribution < -0.4 is 49.1 Å². The van der Waals surface area contributed by atoms with Crippen LogP contribution in [0.3, 0.4) is 0 Å². The van der Waals surface area contributed by atoms with Gasteiger partial charge in [-0.25, -0.2) is 68.7 Å². The number of nitrogens with zero attached hydrogens (tertiary/aromatic N) is 15. The summed E-state index contributed by atoms with van der Waals surface area (Å²) < 4.78 is 15.9. The van der Waals surface area contributed by atoms with Gasteiger partial charge in [0.1, 0.15) is 69.0 Å². The lowest BCUT2D eigenvalue weighted by atomic mass is 10.2. The van der Waals surface area contributed by atoms with E-state index in [1.54, 1.807) is 67.6 Å². The molecule has 13 N–H and O–H groups in total. The van der Waals surface area contributed by atoms with Gasteiger partial charge in [-0.15, -0.1) is 0 Å². The number of amides is 4. The summed E-state index contributed by atoms with van der Waals surface area (Å²) in [7, 11) is 0. The third-order valence-corrected chi connectivity index (χ3v) is 14.4. The molecule has 14 rings (SSSR count). The quantitative estimate of drug-likeness (QED) is 0.0453. The zero-order valence-electron chi connectivity index (χ0n) is 51.2. The van der Waals surface area contributed by atoms with Crippen molar-refractivity contribution in [2.24, 2.45) is 0 Å². The minimum absolute atomic E-state index is 0.0441. The number of carbonyl (C=O) groups excluding carboxylic acids is 3. The van der Waals surface area contributed by atoms with E-state index in [9.17, 15) is 14.4 Å². The lowest BCUT2D eigenvalue weighted by Crippen LogP contribution is -2.48. The number of nitrogens with two attached hydrogens (primary N) is 3. The number of carbonyl (C=O) groups is 3. The Morgan fingerprint density at radius 3 is 1.65 bits per heavy atom. The third-order valence-electron chi connectivity index (χ3n) is 14.4. The van der Waals surface area contributed by atoms with Crippen molar-refractivity contribution in [2.45, 2.75) is 59.5 Å². The van der Waals surface area contributed by atoms with Crippen molar-refractivity contribution >= 4 is 98.6 Å². The average molecular weight is 1250 g/mol. The van der Waals surface area contributed by atoms with E-state index in [1.165, 1.54) is 6.20 Å². The topological polar surface area (TPSA) is 394 Å². The van der Waals surface area contributed by atoms with Crippen LogP contribution in [0, 0.1) is 20.8 Å². The maximum Gasteiger partial charge on any atom is 0.356 e. The van der Waals surface area contributed by atoms with Crippen LogP contribution in [-0.4, -0.2) is 135 Å². The Labute approximate surface area is 530 Å². The number of hydrogen-bond donors (Lipinski definition) is 10. The predicted molar refractivity (Wildman–Crippen MR) is 352 cm³/mol. The minimum Gasteiger partial charge on any atom is -0.461 e. The molecule has 0 bridgehead atoms. The van der Waals surface area contributed by atoms with Crippen molar-refractivity contribution in [3.8, 4) is 34.2 Å². The van der Waals surface area contributed by atoms with Gasteiger partial charge in [0.05, 0.1) is 49.1 Å². The molecule has 10 aromatic heterocycles. The highest BCUT2D eigenvalue weighted by Gasteiger charge is 2.26. The second-order valence-electron chi connectivity index (χ2n) is 21.6. The highest BCUT2D eigenvalue weighted by atomic mass is 16.5. The van der Waals surface area contributed by atoms with Crippen LogP contribution in [0.15, 0.2) is 140 Å². The van der Waals surface area contributed by atoms with Gasteiger partial charge >= 0.3 is 18.0 Å². The second-order valence-corrected chi connectivity index (χ2v) is 21.6. The third kappa shape index (κ3) is 14.4. The van der Waals surface area contributed by atoms with E-state index in [-0.39, 0.29) is 30.4 Å². The van der Waals surface area contributed by atoms with Gasteiger partial charge in [0, 0.05) is 72.1 Å². The van der Waals surface area contributed by atoms with E-state index < -0.39 is 5.97 Å². The Morgan fingerprint density at radius 1 is 0.613 bits per heavy atom. The zero-order chi connectivity index (χ0) is 64.7. The first kappa shape index (κ1) is 60.9. The van der Waals surface area contributed by atoms with E-state index in [0.29, 0.717) is 118 Å². The van der Waals surface area contributed by atoms with E-state index >= 15 is 0 Å². The Hall–Kier alpha value is -12.3. The van der Waals surface area contributed by atoms with E-state index in [4.69, 9.17) is 36.6 Å². The van der Waals surface area contributed by atoms with Gasteiger partial charge in [0.2, 0.25) is 5.95 Å². The number of imidazole rings is 4. The van der Waals surface area contributed by atoms with Crippen LogP contribution in [0.2, 0.25) is 0 Å². The number of esters is 1. The number of H-pyrrole nitrogens is 1. The fraction of sp³-hybridized carbons (Fsp3) is 0.206. The number of nitrogens with one attached hydrogen (secondary N) is 7. The van der Waals surface area contributed by atoms with Crippen molar-refractivity contribution in [3.05, 3.63) is 163 Å². The molecule has 0 radical (unpaired) electrons. The molecule has 2 aromatic carbocycles. The summed E-state index contributed by atoms with van der Waals surface area (Å²) in [5.41, 5.74) is 27.4. The monoisotopic (exact) mass is 1250 g/mol. The number of aromatic nitrogens is 15. The average Bonchev–Trinajstić information content (AvgIpc) is 1.67. The normalized spacial score (nSPS) is 13.5. The smallest absolute Gasteiger partial charge is 0.356 e. The van der Waals surface area contributed by atoms with Crippen molar-refractivity contribution in [1.29, 1.82) is 0 Å². The Balaban J connectivity index is 0.000000135. The Bertz CT molecular complexity index is 4630. The van der Waals surface area contributed by atoms with Gasteiger partial charge < -0.3 is 68.5 Å². The second kappa shape index (κ2) is 26.8. The van der Waals surface area contributed by atoms with Gasteiger partial charge in [0.25, 0.3) is 0 Å². The van der Waals surface area contributed by atoms with Gasteiger partial charge in [0.15, 0.2) is 23.1 Å². The Morgan fingerprint density at radius 2 is 1.12 bits per heavy atom. The van der Waals surface area contributed by atoms with Gasteiger partial charge in [-0.2, -0.15) is 5.10 Å². The number of aryl methyl sites for hydroxylation is 3. The maximum atomic E-state index is 12.6. The number of anilines is 11. The van der Waals surface area contributed by atoms with Crippen molar-refractivity contribution in [3.63, 3.8) is 0 Å². The molecule has 2 fully saturated rings. The SMILES string of the molecule is CCOC(=O)c1cnc(Nc2nc3cccnn3c2-c2cc(N)nc(C)n2)[nH]1.Cc1nc(N)cc(-c2c(Nc3ccc(NC(=O)N4CCOCC4C)cc3)nc3ccccn23)n1.Cc1nc(N)cc(-c2c(Nc3ccc(NC(=O)NC4CC4)cc3)nc3ccccn23)n1. The largest absolute Gasteiger partial charge is 0.461 e. The minimum atomic E-state index is -0.487. The molecule has 472 valence electrons. The fourth-order valence-electron chi connectivity index (χ4n) is 10.2. The number of hydrogen-bond acceptors (Lipinski definition) is 22. The molecule has 4 amide bonds. The summed E-state index contributed by atoms with van der Waals surface area (Å²) >= 11 is 0. The summed E-state index contributed by atoms with van der Waals surface area (Å²) in [6, 6.07) is 35.3. The lowest BCUT2D eigenvalue weighted by Gasteiger charge is -2.33. The summed E-state index contributed by atoms with van der Waals surface area (Å²) in [4.78, 5) is 85.2. The van der Waals surface area contributed by atoms with Crippen LogP contribution in [0.25, 0.3) is 51.1 Å². The molecule has 1 atom stereocenters. The number of benzene rings is 2. The molecule has 1 aliphatic carbocycles. The van der Waals surface area contributed by atoms with Crippen LogP contribution in [-0.2, 0) is 9.47 Å². The molecule has 11 heterocycles. The van der Waals surface area contributed by atoms with Crippen LogP contribution in [0.4, 0.5) is 73.2 Å². The van der Waals surface area contributed by atoms with Crippen molar-refractivity contribution in [1.82, 2.24) is 83.5 Å². The fourth-order valence-corrected chi connectivity index (χ4v) is 10.2. The Kier molecular flexibility index (Phi) is 17.5. The number of rotatable bonds is 14. The molecule has 30 nitrogen and oxygen atoms in total. The molecule has 12 aromatic rings. The molecule has 1 saturated carbocycles. The number of nitrogen functional groups attached to an aromatic ring is 3. The standard InChI is InChI=1S/C24H26N8O2.C22H22N8O.C17H17N9O2/c1-15-14-34-12-11-31(15)24(33)29-18-8-6-17(7-9-18)28-23-22(19-13-20(25)27-16(2)26-19)32-10-4-3-5-21(32)30-23;1-13-24-17(12-18(23)25-13)20-21(29-19-4-2-3-11-30(19)20)26-14-5-7-15(8-6-14)27-22(31)28-16-9-10-16;1-3-28-16(27)11-8-19-17(23-11)25-15-14(10-7-12(18)22-9(2)21-10)26-13(24-15)5-4-6-20-26/h3-10,13,15,28H,11-12,14H2,1-2H3,(H,29,33)(H2,25,26,27);2-8,11-12,16,26H,9-10H2,1H3,(H2,23,24,25)(H2,27,28,31);4-8H,3H2,1-2H3,(H2,18,21,22)(H2,19,23,25). The summed E-state index contributed by atoms with van der Waals surface area (Å²) in [6.07, 6.45) is 9.00. The lowest BCUT2D eigenvalue weighted by molar-refractivity contribution is 0.0222. The number of morpholine rings is 1. The molecule has 1 saturated heterocycles. The summed E-state index contributed by atoms with van der Waals surface area (Å²) in [6.45, 7) is 11.0. The molecule has 1 unspecified atom stereocenters. The molecule has 2 aliphatic rings. The predicted octanol–water partition coefficient (Wildman–Crippen LogP) is 9.11. The first-order valence-corrected chi connectivity index (χ1v) is 29.7. The molecule has 93 heavy (non-hydrogen) atoms. The number of aromatic amines is 1. The number of urea groups is 2. The van der Waals surface area contributed by atoms with E-state index in [1.807, 2.05) is 119 Å². The van der Waals surface area contributed by atoms with Gasteiger partial charge in [-0.05, 0) is 132 Å². The van der Waals surface area contributed by atoms with Gasteiger partial charge in [-0.3, -0.25) is 8.80 Å². The van der Waals surface area contributed by atoms with E-state index in [0.717, 1.165) is 52.6 Å². The summed E-state index contributed by atoms with van der Waals surface area (Å²) in [5.74, 6) is 4.41. The number of ether oxygens (including phenoxy) is 2. The highest BCUT2D eigenvalue weighted by Crippen LogP contribution is 2.34. The first-order valence-electron chi connectivity index (χ1n) is 29.7. The molecular weight excluding hydrogens is 1190 g/mol. The number of pyridine rings is 2. The van der Waals surface area contributed by atoms with Crippen molar-refractivity contribution < 1.29 is 23.9 Å². The van der Waals surface area contributed by atoms with Crippen LogP contribution >= 0.6 is 0 Å². The van der Waals surface area contributed by atoms with Crippen molar-refractivity contribution in [2.75, 3.05) is 70.2 Å². The zero-order valence-corrected chi connectivity index (χ0v) is 51.2. The van der Waals surface area contributed by atoms with E-state index in [2.05, 4.69) is 81.9 Å². The highest BCUT2D eigenvalue weighted by molar-refractivity contribution is 5.91. The molecular formula is C63H65N25O5. The van der Waals surface area contributed by atoms with Crippen LogP contribution in [0.1, 0.15) is 54.7 Å². The summed E-state index contributed by atoms with van der Waals surface area (Å²) in [5, 5.41) is 22.9. The number of fused-ring (bicyclic) bond motifs is 3. The van der Waals surface area contributed by atoms with Gasteiger partial charge in [-0.1, -0.05) is 12.1 Å². The molecule has 30 heteroatoms. The van der Waals surface area contributed by atoms with Crippen LogP contribution in [0.5, 0.6) is 0 Å². The maximum absolute atomic E-state index is 12.6. The first-order chi connectivity index (χ1) is 45.1. The molecule has 0 spiro atoms. The molecule has 1 aliphatic heterocycles.